The van der Waals surface area contributed by atoms with Crippen molar-refractivity contribution in [2.45, 2.75) is 45.8 Å². The summed E-state index contributed by atoms with van der Waals surface area (Å²) in [5, 5.41) is 3.06. The first kappa shape index (κ1) is 19.7. The molecule has 0 spiro atoms. The second kappa shape index (κ2) is 6.43. The highest BCUT2D eigenvalue weighted by molar-refractivity contribution is 5.84. The first-order chi connectivity index (χ1) is 13.5. The zero-order chi connectivity index (χ0) is 21.1. The minimum absolute atomic E-state index is 0.0537. The number of nitrogens with zero attached hydrogens (tertiary/aromatic N) is 3. The van der Waals surface area contributed by atoms with Gasteiger partial charge in [-0.2, -0.15) is 0 Å². The maximum Gasteiger partial charge on any atom is 0.410 e. The van der Waals surface area contributed by atoms with Crippen molar-refractivity contribution in [3.63, 3.8) is 0 Å². The van der Waals surface area contributed by atoms with Crippen LogP contribution in [-0.2, 0) is 15.1 Å². The molecular weight excluding hydrogens is 375 g/mol. The number of carbonyl (C=O) groups is 2. The molecule has 2 aromatic heterocycles. The van der Waals surface area contributed by atoms with Gasteiger partial charge in [0, 0.05) is 25.2 Å². The molecule has 1 aliphatic heterocycles. The van der Waals surface area contributed by atoms with Crippen LogP contribution in [0.5, 0.6) is 0 Å². The smallest absolute Gasteiger partial charge is 0.410 e. The summed E-state index contributed by atoms with van der Waals surface area (Å²) in [6, 6.07) is 3.04. The number of rotatable bonds is 3. The SMILES string of the molecule is CC(C)(C)OC(=O)N1CC2C(C1)C2C(=O)NC(C)(C)c1ncc2ccc(F)cn12. The number of fused-ring (bicyclic) bond motifs is 2. The average Bonchev–Trinajstić information content (AvgIpc) is 2.93. The molecule has 2 aliphatic rings. The molecule has 2 unspecified atom stereocenters. The Balaban J connectivity index is 1.40. The molecule has 2 fully saturated rings. The fraction of sp³-hybridized carbons (Fsp3) is 0.571. The molecule has 0 radical (unpaired) electrons. The Bertz CT molecular complexity index is 966. The lowest BCUT2D eigenvalue weighted by Gasteiger charge is -2.27. The van der Waals surface area contributed by atoms with Crippen molar-refractivity contribution in [2.75, 3.05) is 13.1 Å². The summed E-state index contributed by atoms with van der Waals surface area (Å²) in [6.07, 6.45) is 2.71. The van der Waals surface area contributed by atoms with Crippen LogP contribution in [0.15, 0.2) is 24.5 Å². The molecule has 1 saturated carbocycles. The van der Waals surface area contributed by atoms with Gasteiger partial charge >= 0.3 is 6.09 Å². The van der Waals surface area contributed by atoms with E-state index in [1.54, 1.807) is 21.6 Å². The summed E-state index contributed by atoms with van der Waals surface area (Å²) in [4.78, 5) is 31.2. The molecule has 8 heteroatoms. The van der Waals surface area contributed by atoms with Gasteiger partial charge in [0.2, 0.25) is 5.91 Å². The summed E-state index contributed by atoms with van der Waals surface area (Å²) in [7, 11) is 0. The molecule has 1 N–H and O–H groups in total. The van der Waals surface area contributed by atoms with E-state index in [1.807, 2.05) is 34.6 Å². The Labute approximate surface area is 169 Å². The first-order valence-electron chi connectivity index (χ1n) is 9.89. The van der Waals surface area contributed by atoms with Gasteiger partial charge in [0.05, 0.1) is 17.3 Å². The van der Waals surface area contributed by atoms with Gasteiger partial charge in [-0.1, -0.05) is 0 Å². The zero-order valence-corrected chi connectivity index (χ0v) is 17.4. The van der Waals surface area contributed by atoms with E-state index in [4.69, 9.17) is 4.74 Å². The number of halogens is 1. The Morgan fingerprint density at radius 3 is 2.45 bits per heavy atom. The van der Waals surface area contributed by atoms with Crippen molar-refractivity contribution in [3.05, 3.63) is 36.2 Å². The van der Waals surface area contributed by atoms with Crippen LogP contribution in [-0.4, -0.2) is 45.0 Å². The molecule has 3 heterocycles. The predicted molar refractivity (Wildman–Crippen MR) is 105 cm³/mol. The van der Waals surface area contributed by atoms with Crippen molar-refractivity contribution >= 4 is 17.5 Å². The predicted octanol–water partition coefficient (Wildman–Crippen LogP) is 2.94. The van der Waals surface area contributed by atoms with E-state index in [9.17, 15) is 14.0 Å². The number of pyridine rings is 1. The largest absolute Gasteiger partial charge is 0.444 e. The Kier molecular flexibility index (Phi) is 4.36. The number of piperidine rings is 1. The van der Waals surface area contributed by atoms with Crippen LogP contribution >= 0.6 is 0 Å². The van der Waals surface area contributed by atoms with Gasteiger partial charge in [-0.3, -0.25) is 9.20 Å². The number of aromatic nitrogens is 2. The normalized spacial score (nSPS) is 23.8. The van der Waals surface area contributed by atoms with E-state index >= 15 is 0 Å². The van der Waals surface area contributed by atoms with E-state index < -0.39 is 11.1 Å². The quantitative estimate of drug-likeness (QED) is 0.857. The first-order valence-corrected chi connectivity index (χ1v) is 9.89. The van der Waals surface area contributed by atoms with Crippen LogP contribution in [0.4, 0.5) is 9.18 Å². The number of hydrogen-bond acceptors (Lipinski definition) is 4. The van der Waals surface area contributed by atoms with Crippen molar-refractivity contribution in [1.29, 1.82) is 0 Å². The number of ether oxygens (including phenoxy) is 1. The van der Waals surface area contributed by atoms with Crippen molar-refractivity contribution < 1.29 is 18.7 Å². The molecular formula is C21H27FN4O3. The molecule has 2 aromatic rings. The third kappa shape index (κ3) is 3.68. The Morgan fingerprint density at radius 1 is 1.17 bits per heavy atom. The van der Waals surface area contributed by atoms with Gasteiger partial charge in [-0.05, 0) is 58.6 Å². The molecule has 2 amide bonds. The minimum Gasteiger partial charge on any atom is -0.444 e. The molecule has 0 aromatic carbocycles. The minimum atomic E-state index is -0.765. The fourth-order valence-electron chi connectivity index (χ4n) is 4.26. The van der Waals surface area contributed by atoms with E-state index in [2.05, 4.69) is 10.3 Å². The van der Waals surface area contributed by atoms with Crippen LogP contribution in [0.2, 0.25) is 0 Å². The van der Waals surface area contributed by atoms with Crippen molar-refractivity contribution in [3.8, 4) is 0 Å². The van der Waals surface area contributed by atoms with Crippen LogP contribution < -0.4 is 5.32 Å². The molecule has 7 nitrogen and oxygen atoms in total. The summed E-state index contributed by atoms with van der Waals surface area (Å²) < 4.78 is 20.7. The van der Waals surface area contributed by atoms with Crippen LogP contribution in [0, 0.1) is 23.6 Å². The third-order valence-electron chi connectivity index (χ3n) is 5.63. The van der Waals surface area contributed by atoms with Crippen LogP contribution in [0.1, 0.15) is 40.4 Å². The number of hydrogen-bond donors (Lipinski definition) is 1. The van der Waals surface area contributed by atoms with E-state index in [0.717, 1.165) is 5.52 Å². The molecule has 4 rings (SSSR count). The Morgan fingerprint density at radius 2 is 1.83 bits per heavy atom. The van der Waals surface area contributed by atoms with Gasteiger partial charge in [0.15, 0.2) is 0 Å². The van der Waals surface area contributed by atoms with Crippen LogP contribution in [0.25, 0.3) is 5.52 Å². The molecule has 0 bridgehead atoms. The van der Waals surface area contributed by atoms with Crippen LogP contribution in [0.3, 0.4) is 0 Å². The molecule has 29 heavy (non-hydrogen) atoms. The number of amides is 2. The standard InChI is InChI=1S/C21H27FN4O3/c1-20(2,3)29-19(28)25-10-14-15(11-25)16(14)17(27)24-21(4,5)18-23-8-13-7-6-12(22)9-26(13)18/h6-9,14-16H,10-11H2,1-5H3,(H,24,27). The Hall–Kier alpha value is -2.64. The summed E-state index contributed by atoms with van der Waals surface area (Å²) in [6.45, 7) is 10.3. The monoisotopic (exact) mass is 402 g/mol. The molecule has 1 aliphatic carbocycles. The lowest BCUT2D eigenvalue weighted by molar-refractivity contribution is -0.125. The van der Waals surface area contributed by atoms with Gasteiger partial charge in [0.25, 0.3) is 0 Å². The van der Waals surface area contributed by atoms with Crippen molar-refractivity contribution in [1.82, 2.24) is 19.6 Å². The van der Waals surface area contributed by atoms with Gasteiger partial charge in [-0.25, -0.2) is 14.2 Å². The third-order valence-corrected chi connectivity index (χ3v) is 5.63. The number of nitrogens with one attached hydrogen (secondary N) is 1. The van der Waals surface area contributed by atoms with E-state index in [-0.39, 0.29) is 35.6 Å². The fourth-order valence-corrected chi connectivity index (χ4v) is 4.26. The highest BCUT2D eigenvalue weighted by Gasteiger charge is 2.61. The number of likely N-dealkylation sites (tertiary alicyclic amines) is 1. The summed E-state index contributed by atoms with van der Waals surface area (Å²) in [5.41, 5.74) is -0.532. The molecule has 156 valence electrons. The zero-order valence-electron chi connectivity index (χ0n) is 17.4. The summed E-state index contributed by atoms with van der Waals surface area (Å²) >= 11 is 0. The highest BCUT2D eigenvalue weighted by atomic mass is 19.1. The lowest BCUT2D eigenvalue weighted by Crippen LogP contribution is -2.45. The maximum atomic E-state index is 13.7. The van der Waals surface area contributed by atoms with E-state index in [0.29, 0.717) is 18.9 Å². The highest BCUT2D eigenvalue weighted by Crippen LogP contribution is 2.52. The molecule has 2 atom stereocenters. The van der Waals surface area contributed by atoms with E-state index in [1.165, 1.54) is 12.3 Å². The van der Waals surface area contributed by atoms with Gasteiger partial charge in [0.1, 0.15) is 17.2 Å². The topological polar surface area (TPSA) is 75.9 Å². The summed E-state index contributed by atoms with van der Waals surface area (Å²) in [5.74, 6) is 0.359. The second-order valence-corrected chi connectivity index (χ2v) is 9.58. The second-order valence-electron chi connectivity index (χ2n) is 9.58. The maximum absolute atomic E-state index is 13.7. The van der Waals surface area contributed by atoms with Gasteiger partial charge in [-0.15, -0.1) is 0 Å². The van der Waals surface area contributed by atoms with Crippen molar-refractivity contribution in [2.24, 2.45) is 17.8 Å². The number of carbonyl (C=O) groups excluding carboxylic acids is 2. The molecule has 1 saturated heterocycles. The number of imidazole rings is 1. The lowest BCUT2D eigenvalue weighted by atomic mass is 10.0. The average molecular weight is 402 g/mol. The van der Waals surface area contributed by atoms with Gasteiger partial charge < -0.3 is 15.0 Å².